The van der Waals surface area contributed by atoms with E-state index < -0.39 is 5.91 Å². The van der Waals surface area contributed by atoms with E-state index in [0.29, 0.717) is 48.6 Å². The minimum Gasteiger partial charge on any atom is -0.490 e. The number of ether oxygens (including phenoxy) is 2. The first-order chi connectivity index (χ1) is 16.4. The summed E-state index contributed by atoms with van der Waals surface area (Å²) in [4.78, 5) is 39.5. The molecule has 34 heavy (non-hydrogen) atoms. The van der Waals surface area contributed by atoms with E-state index in [2.05, 4.69) is 15.8 Å². The van der Waals surface area contributed by atoms with Crippen molar-refractivity contribution in [3.05, 3.63) is 41.3 Å². The van der Waals surface area contributed by atoms with Crippen LogP contribution in [0.15, 0.2) is 28.8 Å². The highest BCUT2D eigenvalue weighted by Crippen LogP contribution is 2.32. The van der Waals surface area contributed by atoms with Crippen LogP contribution < -0.4 is 15.4 Å². The fraction of sp³-hybridized carbons (Fsp3) is 0.500. The molecule has 0 aliphatic carbocycles. The van der Waals surface area contributed by atoms with Crippen molar-refractivity contribution in [1.82, 2.24) is 15.4 Å². The number of benzene rings is 1. The van der Waals surface area contributed by atoms with Crippen molar-refractivity contribution in [1.29, 1.82) is 0 Å². The summed E-state index contributed by atoms with van der Waals surface area (Å²) in [6, 6.07) is 6.29. The smallest absolute Gasteiger partial charge is 0.277 e. The third-order valence-electron chi connectivity index (χ3n) is 6.12. The Morgan fingerprint density at radius 3 is 2.79 bits per heavy atom. The van der Waals surface area contributed by atoms with Gasteiger partial charge in [0, 0.05) is 25.3 Å². The number of anilines is 1. The highest BCUT2D eigenvalue weighted by Gasteiger charge is 2.39. The molecule has 3 amide bonds. The maximum atomic E-state index is 13.3. The van der Waals surface area contributed by atoms with Gasteiger partial charge in [0.15, 0.2) is 5.69 Å². The Morgan fingerprint density at radius 2 is 2.06 bits per heavy atom. The van der Waals surface area contributed by atoms with Gasteiger partial charge in [-0.2, -0.15) is 0 Å². The van der Waals surface area contributed by atoms with Gasteiger partial charge in [-0.1, -0.05) is 12.1 Å². The SMILES string of the molecule is CCCNC(=O)C[C@@H]1CC[C@@H]2[C@H](COc3ccc(NC(=O)c4cc(C)on4)cc3C(=O)N2C)O1. The molecule has 4 rings (SSSR count). The van der Waals surface area contributed by atoms with Gasteiger partial charge in [0.2, 0.25) is 5.91 Å². The number of nitrogens with zero attached hydrogens (tertiary/aromatic N) is 2. The third kappa shape index (κ3) is 5.22. The topological polar surface area (TPSA) is 123 Å². The molecule has 10 nitrogen and oxygen atoms in total. The Hall–Kier alpha value is -3.40. The van der Waals surface area contributed by atoms with Gasteiger partial charge in [-0.25, -0.2) is 0 Å². The summed E-state index contributed by atoms with van der Waals surface area (Å²) in [5, 5.41) is 9.33. The molecule has 182 valence electrons. The van der Waals surface area contributed by atoms with Crippen molar-refractivity contribution < 1.29 is 28.4 Å². The Labute approximate surface area is 197 Å². The molecular formula is C24H30N4O6. The van der Waals surface area contributed by atoms with Crippen LogP contribution in [-0.2, 0) is 9.53 Å². The minimum atomic E-state index is -0.431. The molecule has 2 aliphatic rings. The van der Waals surface area contributed by atoms with Crippen molar-refractivity contribution in [3.8, 4) is 5.75 Å². The Kier molecular flexibility index (Phi) is 7.16. The fourth-order valence-electron chi connectivity index (χ4n) is 4.32. The molecule has 1 saturated heterocycles. The maximum absolute atomic E-state index is 13.3. The van der Waals surface area contributed by atoms with Crippen molar-refractivity contribution in [2.45, 2.75) is 57.8 Å². The first kappa shape index (κ1) is 23.7. The van der Waals surface area contributed by atoms with E-state index in [1.165, 1.54) is 6.07 Å². The van der Waals surface area contributed by atoms with Gasteiger partial charge in [-0.05, 0) is 44.4 Å². The average molecular weight is 471 g/mol. The maximum Gasteiger partial charge on any atom is 0.277 e. The lowest BCUT2D eigenvalue weighted by Gasteiger charge is -2.42. The molecule has 3 heterocycles. The number of carbonyl (C=O) groups excluding carboxylic acids is 3. The van der Waals surface area contributed by atoms with E-state index in [1.54, 1.807) is 37.1 Å². The van der Waals surface area contributed by atoms with Gasteiger partial charge in [0.25, 0.3) is 11.8 Å². The number of aryl methyl sites for hydroxylation is 1. The first-order valence-electron chi connectivity index (χ1n) is 11.6. The highest BCUT2D eigenvalue weighted by atomic mass is 16.5. The van der Waals surface area contributed by atoms with E-state index in [-0.39, 0.29) is 42.4 Å². The standard InChI is InChI=1S/C24H30N4O6/c1-4-9-25-22(29)12-16-6-7-19-21(33-16)13-32-20-8-5-15(11-17(20)24(31)28(19)3)26-23(30)18-10-14(2)34-27-18/h5,8,10-11,16,19,21H,4,6-7,9,12-13H2,1-3H3,(H,25,29)(H,26,30)/t16-,19+,21-/m0/s1. The van der Waals surface area contributed by atoms with Crippen molar-refractivity contribution >= 4 is 23.4 Å². The molecular weight excluding hydrogens is 440 g/mol. The van der Waals surface area contributed by atoms with Gasteiger partial charge < -0.3 is 29.5 Å². The largest absolute Gasteiger partial charge is 0.490 e. The van der Waals surface area contributed by atoms with Gasteiger partial charge in [-0.15, -0.1) is 0 Å². The molecule has 10 heteroatoms. The van der Waals surface area contributed by atoms with Crippen LogP contribution in [0.25, 0.3) is 0 Å². The zero-order valence-corrected chi connectivity index (χ0v) is 19.6. The van der Waals surface area contributed by atoms with Crippen molar-refractivity contribution in [2.75, 3.05) is 25.5 Å². The number of likely N-dealkylation sites (N-methyl/N-ethyl adjacent to an activating group) is 1. The monoisotopic (exact) mass is 470 g/mol. The normalized spacial score (nSPS) is 22.0. The van der Waals surface area contributed by atoms with Crippen LogP contribution in [0.1, 0.15) is 59.2 Å². The van der Waals surface area contributed by atoms with Gasteiger partial charge in [0.05, 0.1) is 24.1 Å². The molecule has 1 fully saturated rings. The zero-order valence-electron chi connectivity index (χ0n) is 19.6. The molecule has 0 bridgehead atoms. The van der Waals surface area contributed by atoms with Crippen LogP contribution in [0.5, 0.6) is 5.75 Å². The molecule has 1 aromatic heterocycles. The summed E-state index contributed by atoms with van der Waals surface area (Å²) >= 11 is 0. The van der Waals surface area contributed by atoms with Crippen LogP contribution in [0.2, 0.25) is 0 Å². The number of hydrogen-bond acceptors (Lipinski definition) is 7. The molecule has 0 radical (unpaired) electrons. The average Bonchev–Trinajstić information content (AvgIpc) is 3.27. The van der Waals surface area contributed by atoms with Crippen LogP contribution in [0.4, 0.5) is 5.69 Å². The second-order valence-corrected chi connectivity index (χ2v) is 8.71. The number of fused-ring (bicyclic) bond motifs is 2. The second-order valence-electron chi connectivity index (χ2n) is 8.71. The molecule has 2 aliphatic heterocycles. The molecule has 1 aromatic carbocycles. The molecule has 2 aromatic rings. The van der Waals surface area contributed by atoms with E-state index >= 15 is 0 Å². The molecule has 0 unspecified atom stereocenters. The summed E-state index contributed by atoms with van der Waals surface area (Å²) < 4.78 is 17.1. The summed E-state index contributed by atoms with van der Waals surface area (Å²) in [6.45, 7) is 4.61. The van der Waals surface area contributed by atoms with E-state index in [4.69, 9.17) is 14.0 Å². The summed E-state index contributed by atoms with van der Waals surface area (Å²) in [7, 11) is 1.75. The predicted molar refractivity (Wildman–Crippen MR) is 123 cm³/mol. The van der Waals surface area contributed by atoms with Crippen LogP contribution in [0.3, 0.4) is 0 Å². The zero-order chi connectivity index (χ0) is 24.2. The van der Waals surface area contributed by atoms with Crippen molar-refractivity contribution in [2.24, 2.45) is 0 Å². The lowest BCUT2D eigenvalue weighted by atomic mass is 9.94. The first-order valence-corrected chi connectivity index (χ1v) is 11.6. The number of aromatic nitrogens is 1. The van der Waals surface area contributed by atoms with Gasteiger partial charge in [0.1, 0.15) is 24.2 Å². The Morgan fingerprint density at radius 1 is 1.24 bits per heavy atom. The fourth-order valence-corrected chi connectivity index (χ4v) is 4.32. The van der Waals surface area contributed by atoms with E-state index in [9.17, 15) is 14.4 Å². The van der Waals surface area contributed by atoms with Gasteiger partial charge >= 0.3 is 0 Å². The van der Waals surface area contributed by atoms with Crippen LogP contribution in [-0.4, -0.2) is 66.2 Å². The Balaban J connectivity index is 1.46. The summed E-state index contributed by atoms with van der Waals surface area (Å²) in [5.74, 6) is 0.265. The minimum absolute atomic E-state index is 0.0257. The highest BCUT2D eigenvalue weighted by molar-refractivity contribution is 6.04. The second kappa shape index (κ2) is 10.3. The van der Waals surface area contributed by atoms with E-state index in [0.717, 1.165) is 6.42 Å². The molecule has 2 N–H and O–H groups in total. The quantitative estimate of drug-likeness (QED) is 0.665. The number of hydrogen-bond donors (Lipinski definition) is 2. The summed E-state index contributed by atoms with van der Waals surface area (Å²) in [5.41, 5.74) is 0.963. The lowest BCUT2D eigenvalue weighted by molar-refractivity contribution is -0.134. The predicted octanol–water partition coefficient (Wildman–Crippen LogP) is 2.53. The third-order valence-corrected chi connectivity index (χ3v) is 6.12. The van der Waals surface area contributed by atoms with Gasteiger partial charge in [-0.3, -0.25) is 14.4 Å². The molecule has 0 spiro atoms. The number of rotatable bonds is 6. The molecule has 0 saturated carbocycles. The number of carbonyl (C=O) groups is 3. The van der Waals surface area contributed by atoms with Crippen LogP contribution >= 0.6 is 0 Å². The van der Waals surface area contributed by atoms with Crippen molar-refractivity contribution in [3.63, 3.8) is 0 Å². The number of amides is 3. The van der Waals surface area contributed by atoms with E-state index in [1.807, 2.05) is 6.92 Å². The lowest BCUT2D eigenvalue weighted by Crippen LogP contribution is -2.54. The molecule has 3 atom stereocenters. The summed E-state index contributed by atoms with van der Waals surface area (Å²) in [6.07, 6.45) is 2.02. The Bertz CT molecular complexity index is 1070. The van der Waals surface area contributed by atoms with Crippen LogP contribution in [0, 0.1) is 6.92 Å². The number of nitrogens with one attached hydrogen (secondary N) is 2.